The van der Waals surface area contributed by atoms with Gasteiger partial charge in [-0.15, -0.1) is 0 Å². The first-order valence-electron chi connectivity index (χ1n) is 7.57. The molecule has 0 spiro atoms. The zero-order chi connectivity index (χ0) is 16.9. The summed E-state index contributed by atoms with van der Waals surface area (Å²) in [5, 5.41) is 10.1. The molecule has 24 heavy (non-hydrogen) atoms. The largest absolute Gasteiger partial charge is 0.450 e. The van der Waals surface area contributed by atoms with Gasteiger partial charge in [-0.05, 0) is 30.0 Å². The first-order valence-corrected chi connectivity index (χ1v) is 7.57. The first-order chi connectivity index (χ1) is 11.7. The minimum absolute atomic E-state index is 0.294. The Bertz CT molecular complexity index is 903. The third-order valence-corrected chi connectivity index (χ3v) is 3.73. The summed E-state index contributed by atoms with van der Waals surface area (Å²) in [5.41, 5.74) is 7.49. The fourth-order valence-electron chi connectivity index (χ4n) is 2.60. The van der Waals surface area contributed by atoms with E-state index in [9.17, 15) is 4.79 Å². The average molecular weight is 323 g/mol. The number of hydrogen-bond donors (Lipinski definition) is 1. The van der Waals surface area contributed by atoms with Crippen molar-refractivity contribution in [1.82, 2.24) is 14.1 Å². The van der Waals surface area contributed by atoms with E-state index in [1.54, 1.807) is 6.33 Å². The fourth-order valence-corrected chi connectivity index (χ4v) is 2.60. The summed E-state index contributed by atoms with van der Waals surface area (Å²) < 4.78 is 8.72. The molecule has 3 aromatic rings. The molecule has 0 atom stereocenters. The van der Waals surface area contributed by atoms with Gasteiger partial charge < -0.3 is 19.6 Å². The number of aryl methyl sites for hydroxylation is 1. The number of nitrogens with two attached hydrogens (primary N) is 1. The first kappa shape index (κ1) is 15.6. The lowest BCUT2D eigenvalue weighted by molar-refractivity contribution is 0.153. The quantitative estimate of drug-likeness (QED) is 0.703. The van der Waals surface area contributed by atoms with E-state index in [2.05, 4.69) is 15.6 Å². The smallest absolute Gasteiger partial charge is 0.404 e. The maximum absolute atomic E-state index is 10.5. The molecule has 0 aliphatic carbocycles. The van der Waals surface area contributed by atoms with Crippen LogP contribution in [0.15, 0.2) is 43.0 Å². The molecule has 122 valence electrons. The van der Waals surface area contributed by atoms with Crippen molar-refractivity contribution in [2.24, 2.45) is 5.73 Å². The van der Waals surface area contributed by atoms with Crippen LogP contribution >= 0.6 is 0 Å². The highest BCUT2D eigenvalue weighted by Crippen LogP contribution is 2.18. The van der Waals surface area contributed by atoms with Crippen molar-refractivity contribution >= 4 is 17.0 Å². The number of nitriles is 1. The maximum atomic E-state index is 10.5. The van der Waals surface area contributed by atoms with Crippen molar-refractivity contribution in [3.05, 3.63) is 54.2 Å². The monoisotopic (exact) mass is 323 g/mol. The summed E-state index contributed by atoms with van der Waals surface area (Å²) in [7, 11) is 0. The van der Waals surface area contributed by atoms with Crippen molar-refractivity contribution in [2.45, 2.75) is 19.5 Å². The minimum Gasteiger partial charge on any atom is -0.450 e. The summed E-state index contributed by atoms with van der Waals surface area (Å²) in [6.45, 7) is 1.62. The van der Waals surface area contributed by atoms with Gasteiger partial charge in [-0.1, -0.05) is 6.07 Å². The van der Waals surface area contributed by atoms with Crippen LogP contribution in [0.25, 0.3) is 10.9 Å². The number of amides is 1. The molecule has 0 bridgehead atoms. The number of imidazole rings is 1. The van der Waals surface area contributed by atoms with Gasteiger partial charge in [0.2, 0.25) is 0 Å². The normalized spacial score (nSPS) is 10.6. The number of carbonyl (C=O) groups is 1. The Morgan fingerprint density at radius 1 is 1.38 bits per heavy atom. The molecule has 2 aromatic heterocycles. The molecular formula is C17H17N5O2. The zero-order valence-corrected chi connectivity index (χ0v) is 13.1. The van der Waals surface area contributed by atoms with Crippen molar-refractivity contribution in [3.63, 3.8) is 0 Å². The van der Waals surface area contributed by atoms with Crippen LogP contribution in [-0.2, 0) is 17.8 Å². The number of ether oxygens (including phenoxy) is 1. The summed E-state index contributed by atoms with van der Waals surface area (Å²) in [6, 6.07) is 9.83. The molecule has 0 radical (unpaired) electrons. The van der Waals surface area contributed by atoms with E-state index in [-0.39, 0.29) is 0 Å². The second-order valence-electron chi connectivity index (χ2n) is 5.45. The van der Waals surface area contributed by atoms with Crippen molar-refractivity contribution in [3.8, 4) is 6.07 Å². The van der Waals surface area contributed by atoms with Gasteiger partial charge in [0.1, 0.15) is 0 Å². The fraction of sp³-hybridized carbons (Fsp3) is 0.235. The van der Waals surface area contributed by atoms with Gasteiger partial charge in [0.25, 0.3) is 0 Å². The Labute approximate surface area is 138 Å². The van der Waals surface area contributed by atoms with E-state index in [1.165, 1.54) is 0 Å². The average Bonchev–Trinajstić information content (AvgIpc) is 3.18. The van der Waals surface area contributed by atoms with Crippen molar-refractivity contribution < 1.29 is 9.53 Å². The van der Waals surface area contributed by atoms with Crippen LogP contribution in [0.4, 0.5) is 4.79 Å². The SMILES string of the molecule is N#Cc1ccc2ccn(Cc3cn(CCCOC(N)=O)cn3)c2c1. The zero-order valence-electron chi connectivity index (χ0n) is 13.1. The lowest BCUT2D eigenvalue weighted by atomic mass is 10.2. The van der Waals surface area contributed by atoms with Gasteiger partial charge in [0, 0.05) is 24.5 Å². The van der Waals surface area contributed by atoms with Crippen LogP contribution in [-0.4, -0.2) is 26.8 Å². The Morgan fingerprint density at radius 3 is 3.04 bits per heavy atom. The number of rotatable bonds is 6. The molecule has 1 aromatic carbocycles. The summed E-state index contributed by atoms with van der Waals surface area (Å²) in [5.74, 6) is 0. The molecule has 3 rings (SSSR count). The van der Waals surface area contributed by atoms with Gasteiger partial charge in [0.15, 0.2) is 0 Å². The van der Waals surface area contributed by atoms with Crippen LogP contribution in [0.3, 0.4) is 0 Å². The van der Waals surface area contributed by atoms with Gasteiger partial charge in [0.05, 0.1) is 36.8 Å². The molecule has 7 heteroatoms. The van der Waals surface area contributed by atoms with Gasteiger partial charge in [-0.25, -0.2) is 9.78 Å². The van der Waals surface area contributed by atoms with E-state index >= 15 is 0 Å². The number of hydrogen-bond acceptors (Lipinski definition) is 4. The summed E-state index contributed by atoms with van der Waals surface area (Å²) in [4.78, 5) is 14.9. The Kier molecular flexibility index (Phi) is 4.47. The summed E-state index contributed by atoms with van der Waals surface area (Å²) in [6.07, 6.45) is 5.64. The number of nitrogens with zero attached hydrogens (tertiary/aromatic N) is 4. The highest BCUT2D eigenvalue weighted by Gasteiger charge is 2.05. The number of aromatic nitrogens is 3. The number of carbonyl (C=O) groups excluding carboxylic acids is 1. The highest BCUT2D eigenvalue weighted by molar-refractivity contribution is 5.81. The number of primary amides is 1. The second-order valence-corrected chi connectivity index (χ2v) is 5.45. The van der Waals surface area contributed by atoms with Crippen molar-refractivity contribution in [1.29, 1.82) is 5.26 Å². The lowest BCUT2D eigenvalue weighted by Crippen LogP contribution is -2.14. The van der Waals surface area contributed by atoms with Gasteiger partial charge in [-0.3, -0.25) is 0 Å². The molecule has 7 nitrogen and oxygen atoms in total. The molecule has 0 aliphatic heterocycles. The maximum Gasteiger partial charge on any atom is 0.404 e. The number of benzene rings is 1. The topological polar surface area (TPSA) is 98.9 Å². The molecule has 0 saturated carbocycles. The predicted molar refractivity (Wildman–Crippen MR) is 88.1 cm³/mol. The molecule has 0 fully saturated rings. The standard InChI is InChI=1S/C17H17N5O2/c18-9-13-2-3-14-4-6-22(16(14)8-13)11-15-10-21(12-20-15)5-1-7-24-17(19)23/h2-4,6,8,10,12H,1,5,7,11H2,(H2,19,23). The van der Waals surface area contributed by atoms with Crippen LogP contribution in [0.5, 0.6) is 0 Å². The lowest BCUT2D eigenvalue weighted by Gasteiger charge is -2.04. The van der Waals surface area contributed by atoms with Crippen LogP contribution in [0, 0.1) is 11.3 Å². The minimum atomic E-state index is -0.752. The second kappa shape index (κ2) is 6.87. The molecular weight excluding hydrogens is 306 g/mol. The third kappa shape index (κ3) is 3.55. The Hall–Kier alpha value is -3.27. The predicted octanol–water partition coefficient (Wildman–Crippen LogP) is 2.24. The molecule has 1 amide bonds. The van der Waals surface area contributed by atoms with Crippen LogP contribution in [0.2, 0.25) is 0 Å². The Morgan fingerprint density at radius 2 is 2.25 bits per heavy atom. The molecule has 2 heterocycles. The Balaban J connectivity index is 1.66. The van der Waals surface area contributed by atoms with E-state index < -0.39 is 6.09 Å². The van der Waals surface area contributed by atoms with E-state index in [1.807, 2.05) is 41.2 Å². The highest BCUT2D eigenvalue weighted by atomic mass is 16.5. The van der Waals surface area contributed by atoms with E-state index in [0.717, 1.165) is 16.6 Å². The summed E-state index contributed by atoms with van der Waals surface area (Å²) >= 11 is 0. The molecule has 0 unspecified atom stereocenters. The van der Waals surface area contributed by atoms with Crippen molar-refractivity contribution in [2.75, 3.05) is 6.61 Å². The molecule has 0 aliphatic rings. The molecule has 2 N–H and O–H groups in total. The van der Waals surface area contributed by atoms with E-state index in [0.29, 0.717) is 31.7 Å². The van der Waals surface area contributed by atoms with Gasteiger partial charge in [-0.2, -0.15) is 5.26 Å². The van der Waals surface area contributed by atoms with Crippen LogP contribution < -0.4 is 5.73 Å². The van der Waals surface area contributed by atoms with E-state index in [4.69, 9.17) is 15.7 Å². The van der Waals surface area contributed by atoms with Crippen LogP contribution in [0.1, 0.15) is 17.7 Å². The molecule has 0 saturated heterocycles. The number of fused-ring (bicyclic) bond motifs is 1. The van der Waals surface area contributed by atoms with Gasteiger partial charge >= 0.3 is 6.09 Å². The third-order valence-electron chi connectivity index (χ3n) is 3.73.